The van der Waals surface area contributed by atoms with Crippen LogP contribution >= 0.6 is 0 Å². The van der Waals surface area contributed by atoms with Crippen LogP contribution in [0.3, 0.4) is 0 Å². The Bertz CT molecular complexity index is 568. The van der Waals surface area contributed by atoms with Gasteiger partial charge in [-0.3, -0.25) is 4.79 Å². The molecule has 1 aliphatic rings. The van der Waals surface area contributed by atoms with Crippen molar-refractivity contribution < 1.29 is 17.1 Å². The second kappa shape index (κ2) is 5.28. The molecule has 6 heteroatoms. The SMILES string of the molecule is CCCc1ccc(N2CC(S(=O)(=O)F)CC2=O)cc1. The molecule has 1 atom stereocenters. The Hall–Kier alpha value is -1.43. The lowest BCUT2D eigenvalue weighted by atomic mass is 10.1. The molecule has 2 rings (SSSR count). The van der Waals surface area contributed by atoms with Gasteiger partial charge in [-0.05, 0) is 24.1 Å². The molecule has 1 aromatic carbocycles. The van der Waals surface area contributed by atoms with Crippen LogP contribution in [0.2, 0.25) is 0 Å². The van der Waals surface area contributed by atoms with Gasteiger partial charge in [0.1, 0.15) is 5.25 Å². The molecule has 0 N–H and O–H groups in total. The highest BCUT2D eigenvalue weighted by Gasteiger charge is 2.38. The third kappa shape index (κ3) is 3.12. The lowest BCUT2D eigenvalue weighted by molar-refractivity contribution is -0.117. The van der Waals surface area contributed by atoms with Gasteiger partial charge in [0.15, 0.2) is 0 Å². The highest BCUT2D eigenvalue weighted by Crippen LogP contribution is 2.26. The molecule has 0 aliphatic carbocycles. The minimum Gasteiger partial charge on any atom is -0.311 e. The summed E-state index contributed by atoms with van der Waals surface area (Å²) in [5, 5.41) is -1.24. The van der Waals surface area contributed by atoms with Crippen LogP contribution in [-0.2, 0) is 21.4 Å². The maximum Gasteiger partial charge on any atom is 0.307 e. The first kappa shape index (κ1) is 14.0. The van der Waals surface area contributed by atoms with Crippen LogP contribution in [0.5, 0.6) is 0 Å². The standard InChI is InChI=1S/C13H16FNO3S/c1-2-3-10-4-6-11(7-5-10)15-9-12(8-13(15)16)19(14,17)18/h4-7,12H,2-3,8-9H2,1H3. The number of carbonyl (C=O) groups excluding carboxylic acids is 1. The molecule has 0 saturated carbocycles. The summed E-state index contributed by atoms with van der Waals surface area (Å²) in [5.74, 6) is -0.352. The predicted octanol–water partition coefficient (Wildman–Crippen LogP) is 2.04. The van der Waals surface area contributed by atoms with Gasteiger partial charge in [0.05, 0.1) is 0 Å². The Morgan fingerprint density at radius 1 is 1.32 bits per heavy atom. The zero-order chi connectivity index (χ0) is 14.0. The van der Waals surface area contributed by atoms with Crippen LogP contribution in [0.15, 0.2) is 24.3 Å². The molecule has 1 saturated heterocycles. The lowest BCUT2D eigenvalue weighted by Crippen LogP contribution is -2.26. The Labute approximate surface area is 112 Å². The van der Waals surface area contributed by atoms with E-state index in [0.717, 1.165) is 18.4 Å². The highest BCUT2D eigenvalue weighted by atomic mass is 32.3. The average Bonchev–Trinajstić information content (AvgIpc) is 2.73. The van der Waals surface area contributed by atoms with Crippen molar-refractivity contribution in [2.75, 3.05) is 11.4 Å². The number of carbonyl (C=O) groups is 1. The molecule has 1 aliphatic heterocycles. The largest absolute Gasteiger partial charge is 0.311 e. The van der Waals surface area contributed by atoms with Crippen molar-refractivity contribution >= 4 is 21.8 Å². The molecule has 19 heavy (non-hydrogen) atoms. The monoisotopic (exact) mass is 285 g/mol. The van der Waals surface area contributed by atoms with Gasteiger partial charge < -0.3 is 4.90 Å². The van der Waals surface area contributed by atoms with E-state index in [2.05, 4.69) is 6.92 Å². The van der Waals surface area contributed by atoms with Crippen LogP contribution in [-0.4, -0.2) is 26.1 Å². The fraction of sp³-hybridized carbons (Fsp3) is 0.462. The van der Waals surface area contributed by atoms with E-state index in [9.17, 15) is 17.1 Å². The molecule has 0 spiro atoms. The molecular weight excluding hydrogens is 269 g/mol. The van der Waals surface area contributed by atoms with E-state index in [1.54, 1.807) is 12.1 Å². The third-order valence-electron chi connectivity index (χ3n) is 3.27. The molecule has 0 radical (unpaired) electrons. The Balaban J connectivity index is 2.16. The van der Waals surface area contributed by atoms with Crippen molar-refractivity contribution in [3.63, 3.8) is 0 Å². The van der Waals surface area contributed by atoms with Crippen LogP contribution in [0.1, 0.15) is 25.3 Å². The van der Waals surface area contributed by atoms with Crippen LogP contribution in [0.4, 0.5) is 9.57 Å². The van der Waals surface area contributed by atoms with E-state index in [4.69, 9.17) is 0 Å². The Morgan fingerprint density at radius 2 is 1.95 bits per heavy atom. The number of anilines is 1. The minimum atomic E-state index is -4.66. The molecule has 0 aromatic heterocycles. The summed E-state index contributed by atoms with van der Waals surface area (Å²) < 4.78 is 34.6. The minimum absolute atomic E-state index is 0.106. The fourth-order valence-corrected chi connectivity index (χ4v) is 2.91. The number of aryl methyl sites for hydroxylation is 1. The Morgan fingerprint density at radius 3 is 2.42 bits per heavy atom. The van der Waals surface area contributed by atoms with E-state index in [-0.39, 0.29) is 18.9 Å². The number of nitrogens with zero attached hydrogens (tertiary/aromatic N) is 1. The van der Waals surface area contributed by atoms with Crippen LogP contribution < -0.4 is 4.90 Å². The number of amides is 1. The summed E-state index contributed by atoms with van der Waals surface area (Å²) in [6.45, 7) is 1.97. The summed E-state index contributed by atoms with van der Waals surface area (Å²) in [4.78, 5) is 13.1. The topological polar surface area (TPSA) is 54.5 Å². The van der Waals surface area contributed by atoms with Crippen molar-refractivity contribution in [1.82, 2.24) is 0 Å². The van der Waals surface area contributed by atoms with Gasteiger partial charge in [0.25, 0.3) is 0 Å². The van der Waals surface area contributed by atoms with Gasteiger partial charge in [-0.2, -0.15) is 8.42 Å². The average molecular weight is 285 g/mol. The molecule has 4 nitrogen and oxygen atoms in total. The van der Waals surface area contributed by atoms with Crippen LogP contribution in [0, 0.1) is 0 Å². The molecule has 1 fully saturated rings. The molecule has 1 heterocycles. The van der Waals surface area contributed by atoms with Gasteiger partial charge in [-0.1, -0.05) is 25.5 Å². The molecule has 1 unspecified atom stereocenters. The van der Waals surface area contributed by atoms with Gasteiger partial charge in [0, 0.05) is 18.7 Å². The van der Waals surface area contributed by atoms with Crippen molar-refractivity contribution in [3.8, 4) is 0 Å². The molecule has 104 valence electrons. The number of hydrogen-bond donors (Lipinski definition) is 0. The number of halogens is 1. The normalized spacial score (nSPS) is 20.0. The van der Waals surface area contributed by atoms with Crippen LogP contribution in [0.25, 0.3) is 0 Å². The van der Waals surface area contributed by atoms with Gasteiger partial charge in [-0.15, -0.1) is 3.89 Å². The molecule has 1 amide bonds. The first-order valence-electron chi connectivity index (χ1n) is 6.24. The lowest BCUT2D eigenvalue weighted by Gasteiger charge is -2.16. The second-order valence-corrected chi connectivity index (χ2v) is 6.34. The first-order chi connectivity index (χ1) is 8.91. The quantitative estimate of drug-likeness (QED) is 0.796. The summed E-state index contributed by atoms with van der Waals surface area (Å²) in [7, 11) is -4.66. The summed E-state index contributed by atoms with van der Waals surface area (Å²) >= 11 is 0. The Kier molecular flexibility index (Phi) is 3.89. The van der Waals surface area contributed by atoms with E-state index in [0.29, 0.717) is 5.69 Å². The smallest absolute Gasteiger partial charge is 0.307 e. The molecular formula is C13H16FNO3S. The summed E-state index contributed by atoms with van der Waals surface area (Å²) in [6.07, 6.45) is 1.70. The van der Waals surface area contributed by atoms with E-state index >= 15 is 0 Å². The number of benzene rings is 1. The van der Waals surface area contributed by atoms with E-state index < -0.39 is 15.5 Å². The maximum atomic E-state index is 12.9. The van der Waals surface area contributed by atoms with Gasteiger partial charge in [-0.25, -0.2) is 0 Å². The fourth-order valence-electron chi connectivity index (χ4n) is 2.24. The zero-order valence-electron chi connectivity index (χ0n) is 10.7. The third-order valence-corrected chi connectivity index (χ3v) is 4.39. The van der Waals surface area contributed by atoms with Crippen molar-refractivity contribution in [3.05, 3.63) is 29.8 Å². The zero-order valence-corrected chi connectivity index (χ0v) is 11.5. The highest BCUT2D eigenvalue weighted by molar-refractivity contribution is 7.87. The predicted molar refractivity (Wildman–Crippen MR) is 71.2 cm³/mol. The van der Waals surface area contributed by atoms with Gasteiger partial charge >= 0.3 is 10.2 Å². The molecule has 1 aromatic rings. The summed E-state index contributed by atoms with van der Waals surface area (Å²) in [5.41, 5.74) is 1.78. The van der Waals surface area contributed by atoms with Crippen molar-refractivity contribution in [2.24, 2.45) is 0 Å². The van der Waals surface area contributed by atoms with Crippen molar-refractivity contribution in [1.29, 1.82) is 0 Å². The first-order valence-corrected chi connectivity index (χ1v) is 7.69. The second-order valence-electron chi connectivity index (χ2n) is 4.72. The number of hydrogen-bond acceptors (Lipinski definition) is 3. The maximum absolute atomic E-state index is 12.9. The van der Waals surface area contributed by atoms with E-state index in [1.165, 1.54) is 4.90 Å². The number of rotatable bonds is 4. The van der Waals surface area contributed by atoms with Crippen molar-refractivity contribution in [2.45, 2.75) is 31.4 Å². The van der Waals surface area contributed by atoms with E-state index in [1.807, 2.05) is 12.1 Å². The summed E-state index contributed by atoms with van der Waals surface area (Å²) in [6, 6.07) is 7.36. The molecule has 0 bridgehead atoms. The van der Waals surface area contributed by atoms with Gasteiger partial charge in [0.2, 0.25) is 5.91 Å².